The first-order chi connectivity index (χ1) is 19.4. The lowest BCUT2D eigenvalue weighted by Crippen LogP contribution is -2.39. The lowest BCUT2D eigenvalue weighted by molar-refractivity contribution is 0.0976. The minimum absolute atomic E-state index is 0.0557. The van der Waals surface area contributed by atoms with Crippen LogP contribution in [0.15, 0.2) is 42.7 Å². The van der Waals surface area contributed by atoms with Gasteiger partial charge in [0.25, 0.3) is 5.91 Å². The summed E-state index contributed by atoms with van der Waals surface area (Å²) in [5.41, 5.74) is 10.3. The summed E-state index contributed by atoms with van der Waals surface area (Å²) in [6.45, 7) is 4.22. The molecule has 1 unspecified atom stereocenters. The number of carbonyl (C=O) groups excluding carboxylic acids is 1. The third-order valence-corrected chi connectivity index (χ3v) is 7.91. The van der Waals surface area contributed by atoms with E-state index in [0.29, 0.717) is 53.8 Å². The number of benzene rings is 2. The molecule has 2 aliphatic rings. The van der Waals surface area contributed by atoms with Crippen LogP contribution in [-0.4, -0.2) is 42.3 Å². The SMILES string of the molecule is CCC(C)n1cc(Cc2nc(N)nc(-c3cccc(N4CCc5cc(C6CC6)cc(F)c5C4=O)c3CO)n2)cn1. The Kier molecular flexibility index (Phi) is 6.79. The molecule has 3 N–H and O–H groups in total. The molecule has 6 rings (SSSR count). The van der Waals surface area contributed by atoms with Gasteiger partial charge in [-0.1, -0.05) is 25.1 Å². The van der Waals surface area contributed by atoms with Gasteiger partial charge >= 0.3 is 0 Å². The fourth-order valence-corrected chi connectivity index (χ4v) is 5.39. The van der Waals surface area contributed by atoms with E-state index >= 15 is 4.39 Å². The van der Waals surface area contributed by atoms with Crippen molar-refractivity contribution in [1.29, 1.82) is 0 Å². The van der Waals surface area contributed by atoms with E-state index in [1.54, 1.807) is 24.4 Å². The van der Waals surface area contributed by atoms with Crippen LogP contribution in [0.5, 0.6) is 0 Å². The van der Waals surface area contributed by atoms with E-state index in [-0.39, 0.29) is 24.2 Å². The predicted octanol–water partition coefficient (Wildman–Crippen LogP) is 4.59. The average Bonchev–Trinajstić information content (AvgIpc) is 3.70. The number of halogens is 1. The first-order valence-corrected chi connectivity index (χ1v) is 13.8. The Morgan fingerprint density at radius 3 is 2.77 bits per heavy atom. The van der Waals surface area contributed by atoms with Crippen LogP contribution in [0.2, 0.25) is 0 Å². The lowest BCUT2D eigenvalue weighted by atomic mass is 9.93. The van der Waals surface area contributed by atoms with Gasteiger partial charge < -0.3 is 15.7 Å². The van der Waals surface area contributed by atoms with Crippen molar-refractivity contribution in [2.45, 2.75) is 64.5 Å². The fourth-order valence-electron chi connectivity index (χ4n) is 5.39. The Bertz CT molecular complexity index is 1600. The number of nitrogen functional groups attached to an aromatic ring is 1. The summed E-state index contributed by atoms with van der Waals surface area (Å²) in [5, 5.41) is 14.9. The minimum atomic E-state index is -0.484. The van der Waals surface area contributed by atoms with Crippen LogP contribution in [0.4, 0.5) is 16.0 Å². The smallest absolute Gasteiger partial charge is 0.261 e. The summed E-state index contributed by atoms with van der Waals surface area (Å²) in [5.74, 6) is 0.328. The highest BCUT2D eigenvalue weighted by Crippen LogP contribution is 2.42. The molecule has 40 heavy (non-hydrogen) atoms. The van der Waals surface area contributed by atoms with E-state index < -0.39 is 11.7 Å². The number of aliphatic hydroxyl groups is 1. The van der Waals surface area contributed by atoms with Crippen LogP contribution in [0.1, 0.15) is 83.5 Å². The zero-order chi connectivity index (χ0) is 28.0. The quantitative estimate of drug-likeness (QED) is 0.334. The summed E-state index contributed by atoms with van der Waals surface area (Å²) < 4.78 is 17.1. The van der Waals surface area contributed by atoms with Crippen LogP contribution in [0, 0.1) is 5.82 Å². The van der Waals surface area contributed by atoms with Crippen molar-refractivity contribution < 1.29 is 14.3 Å². The zero-order valence-electron chi connectivity index (χ0n) is 22.6. The zero-order valence-corrected chi connectivity index (χ0v) is 22.6. The second kappa shape index (κ2) is 10.4. The molecule has 2 aromatic heterocycles. The van der Waals surface area contributed by atoms with E-state index in [4.69, 9.17) is 5.73 Å². The highest BCUT2D eigenvalue weighted by atomic mass is 19.1. The maximum absolute atomic E-state index is 15.2. The van der Waals surface area contributed by atoms with Crippen LogP contribution in [0.25, 0.3) is 11.4 Å². The molecule has 1 amide bonds. The van der Waals surface area contributed by atoms with E-state index in [1.165, 1.54) is 11.0 Å². The molecule has 0 saturated heterocycles. The number of rotatable bonds is 8. The third kappa shape index (κ3) is 4.83. The molecule has 2 aromatic carbocycles. The first kappa shape index (κ1) is 26.1. The summed E-state index contributed by atoms with van der Waals surface area (Å²) in [4.78, 5) is 28.4. The van der Waals surface area contributed by atoms with Crippen molar-refractivity contribution in [2.75, 3.05) is 17.2 Å². The number of amides is 1. The largest absolute Gasteiger partial charge is 0.392 e. The second-order valence-electron chi connectivity index (χ2n) is 10.7. The van der Waals surface area contributed by atoms with Crippen LogP contribution in [0.3, 0.4) is 0 Å². The molecule has 3 heterocycles. The van der Waals surface area contributed by atoms with Gasteiger partial charge in [0.15, 0.2) is 5.82 Å². The number of hydrogen-bond donors (Lipinski definition) is 2. The molecule has 9 nitrogen and oxygen atoms in total. The van der Waals surface area contributed by atoms with Gasteiger partial charge in [-0.25, -0.2) is 9.37 Å². The molecule has 1 saturated carbocycles. The topological polar surface area (TPSA) is 123 Å². The van der Waals surface area contributed by atoms with Gasteiger partial charge in [-0.15, -0.1) is 0 Å². The van der Waals surface area contributed by atoms with E-state index in [0.717, 1.165) is 36.0 Å². The Hall–Kier alpha value is -4.18. The highest BCUT2D eigenvalue weighted by molar-refractivity contribution is 6.09. The van der Waals surface area contributed by atoms with Gasteiger partial charge in [0.2, 0.25) is 5.95 Å². The van der Waals surface area contributed by atoms with Gasteiger partial charge in [-0.05, 0) is 67.3 Å². The summed E-state index contributed by atoms with van der Waals surface area (Å²) >= 11 is 0. The molecule has 1 fully saturated rings. The summed E-state index contributed by atoms with van der Waals surface area (Å²) in [6, 6.07) is 9.07. The van der Waals surface area contributed by atoms with Gasteiger partial charge in [0, 0.05) is 36.3 Å². The number of aromatic nitrogens is 5. The number of nitrogens with zero attached hydrogens (tertiary/aromatic N) is 6. The molecule has 1 atom stereocenters. The summed E-state index contributed by atoms with van der Waals surface area (Å²) in [6.07, 6.45) is 7.79. The Morgan fingerprint density at radius 2 is 2.02 bits per heavy atom. The maximum atomic E-state index is 15.2. The standard InChI is InChI=1S/C30H32FN7O2/c1-3-17(2)38-15-18(14-33-38)11-26-34-28(36-30(32)35-26)22-5-4-6-25(23(22)16-39)37-10-9-20-12-21(19-7-8-19)13-24(31)27(20)29(37)40/h4-6,12-15,17,19,39H,3,7-11,16H2,1-2H3,(H2,32,34,35,36). The van der Waals surface area contributed by atoms with Crippen LogP contribution < -0.4 is 10.6 Å². The van der Waals surface area contributed by atoms with Crippen molar-refractivity contribution in [3.8, 4) is 11.4 Å². The number of carbonyl (C=O) groups is 1. The minimum Gasteiger partial charge on any atom is -0.392 e. The monoisotopic (exact) mass is 541 g/mol. The van der Waals surface area contributed by atoms with Crippen molar-refractivity contribution in [2.24, 2.45) is 0 Å². The highest BCUT2D eigenvalue weighted by Gasteiger charge is 2.33. The molecule has 0 bridgehead atoms. The number of aliphatic hydroxyl groups excluding tert-OH is 1. The molecule has 10 heteroatoms. The van der Waals surface area contributed by atoms with Crippen LogP contribution in [-0.2, 0) is 19.4 Å². The molecule has 0 spiro atoms. The predicted molar refractivity (Wildman–Crippen MR) is 149 cm³/mol. The van der Waals surface area contributed by atoms with Gasteiger partial charge in [-0.3, -0.25) is 9.48 Å². The summed E-state index contributed by atoms with van der Waals surface area (Å²) in [7, 11) is 0. The fraction of sp³-hybridized carbons (Fsp3) is 0.367. The van der Waals surface area contributed by atoms with Gasteiger partial charge in [0.1, 0.15) is 11.6 Å². The molecule has 206 valence electrons. The van der Waals surface area contributed by atoms with E-state index in [9.17, 15) is 9.90 Å². The second-order valence-corrected chi connectivity index (χ2v) is 10.7. The number of anilines is 2. The van der Waals surface area contributed by atoms with Gasteiger partial charge in [-0.2, -0.15) is 15.1 Å². The Morgan fingerprint density at radius 1 is 1.20 bits per heavy atom. The normalized spacial score (nSPS) is 15.8. The number of fused-ring (bicyclic) bond motifs is 1. The van der Waals surface area contributed by atoms with E-state index in [1.807, 2.05) is 16.9 Å². The molecule has 0 radical (unpaired) electrons. The number of hydrogen-bond acceptors (Lipinski definition) is 7. The van der Waals surface area contributed by atoms with Crippen molar-refractivity contribution >= 4 is 17.5 Å². The number of nitrogens with two attached hydrogens (primary N) is 1. The Labute approximate surface area is 231 Å². The third-order valence-electron chi connectivity index (χ3n) is 7.91. The lowest BCUT2D eigenvalue weighted by Gasteiger charge is -2.31. The van der Waals surface area contributed by atoms with Crippen molar-refractivity contribution in [1.82, 2.24) is 24.7 Å². The molecular weight excluding hydrogens is 509 g/mol. The van der Waals surface area contributed by atoms with Crippen molar-refractivity contribution in [3.63, 3.8) is 0 Å². The average molecular weight is 542 g/mol. The first-order valence-electron chi connectivity index (χ1n) is 13.8. The molecular formula is C30H32FN7O2. The van der Waals surface area contributed by atoms with Crippen LogP contribution >= 0.6 is 0 Å². The van der Waals surface area contributed by atoms with Gasteiger partial charge in [0.05, 0.1) is 24.1 Å². The van der Waals surface area contributed by atoms with Crippen molar-refractivity contribution in [3.05, 3.63) is 82.2 Å². The molecule has 1 aliphatic heterocycles. The molecule has 4 aromatic rings. The Balaban J connectivity index is 1.33. The maximum Gasteiger partial charge on any atom is 0.261 e. The van der Waals surface area contributed by atoms with E-state index in [2.05, 4.69) is 33.9 Å². The molecule has 1 aliphatic carbocycles.